The van der Waals surface area contributed by atoms with E-state index in [0.29, 0.717) is 13.0 Å². The second-order valence-electron chi connectivity index (χ2n) is 5.94. The minimum absolute atomic E-state index is 0. The number of aryl methyl sites for hydroxylation is 1. The molecule has 0 saturated heterocycles. The van der Waals surface area contributed by atoms with Crippen LogP contribution in [0.4, 0.5) is 5.69 Å². The van der Waals surface area contributed by atoms with Crippen LogP contribution in [-0.4, -0.2) is 25.5 Å². The third-order valence-electron chi connectivity index (χ3n) is 4.17. The summed E-state index contributed by atoms with van der Waals surface area (Å²) in [6.45, 7) is 6.54. The van der Waals surface area contributed by atoms with Crippen LogP contribution in [0.2, 0.25) is 0 Å². The van der Waals surface area contributed by atoms with Gasteiger partial charge in [-0.25, -0.2) is 0 Å². The van der Waals surface area contributed by atoms with E-state index in [1.807, 2.05) is 42.5 Å². The number of benzene rings is 2. The maximum atomic E-state index is 12.1. The van der Waals surface area contributed by atoms with Gasteiger partial charge in [0.2, 0.25) is 5.91 Å². The lowest BCUT2D eigenvalue weighted by molar-refractivity contribution is -0.121. The zero-order valence-corrected chi connectivity index (χ0v) is 17.0. The molecule has 0 bridgehead atoms. The molecule has 0 saturated carbocycles. The number of hydrogen-bond acceptors (Lipinski definition) is 3. The highest BCUT2D eigenvalue weighted by atomic mass is 35.5. The maximum Gasteiger partial charge on any atom is 0.221 e. The summed E-state index contributed by atoms with van der Waals surface area (Å²) in [6.07, 6.45) is 0.306. The van der Waals surface area contributed by atoms with E-state index in [1.165, 1.54) is 11.3 Å². The van der Waals surface area contributed by atoms with E-state index in [1.54, 1.807) is 0 Å². The maximum absolute atomic E-state index is 12.1. The van der Waals surface area contributed by atoms with Crippen LogP contribution in [0.1, 0.15) is 30.5 Å². The molecule has 2 aromatic rings. The van der Waals surface area contributed by atoms with E-state index in [4.69, 9.17) is 5.73 Å². The molecule has 3 N–H and O–H groups in total. The summed E-state index contributed by atoms with van der Waals surface area (Å²) in [5.41, 5.74) is 9.55. The molecular weight excluding hydrogens is 369 g/mol. The Morgan fingerprint density at radius 2 is 1.69 bits per heavy atom. The SMILES string of the molecule is CCN(CCNC(=O)CC(N)c1ccccc1)c1ccccc1C.Cl.Cl. The molecule has 0 fully saturated rings. The Labute approximate surface area is 169 Å². The molecular formula is C20H29Cl2N3O. The highest BCUT2D eigenvalue weighted by Crippen LogP contribution is 2.18. The van der Waals surface area contributed by atoms with Gasteiger partial charge in [-0.15, -0.1) is 24.8 Å². The molecule has 6 heteroatoms. The fourth-order valence-corrected chi connectivity index (χ4v) is 2.79. The number of amides is 1. The average molecular weight is 398 g/mol. The summed E-state index contributed by atoms with van der Waals surface area (Å²) in [5.74, 6) is -0.00723. The lowest BCUT2D eigenvalue weighted by Gasteiger charge is -2.25. The van der Waals surface area contributed by atoms with Crippen LogP contribution in [0.15, 0.2) is 54.6 Å². The predicted octanol–water partition coefficient (Wildman–Crippen LogP) is 3.87. The molecule has 2 aromatic carbocycles. The van der Waals surface area contributed by atoms with Crippen LogP contribution < -0.4 is 16.0 Å². The van der Waals surface area contributed by atoms with Crippen molar-refractivity contribution in [2.24, 2.45) is 5.73 Å². The molecule has 144 valence electrons. The third-order valence-corrected chi connectivity index (χ3v) is 4.17. The molecule has 26 heavy (non-hydrogen) atoms. The molecule has 0 spiro atoms. The summed E-state index contributed by atoms with van der Waals surface area (Å²) in [4.78, 5) is 14.4. The second kappa shape index (κ2) is 12.6. The first kappa shape index (κ1) is 24.2. The van der Waals surface area contributed by atoms with Crippen LogP contribution in [0, 0.1) is 6.92 Å². The van der Waals surface area contributed by atoms with E-state index in [0.717, 1.165) is 18.7 Å². The summed E-state index contributed by atoms with van der Waals surface area (Å²) in [5, 5.41) is 2.98. The number of nitrogens with one attached hydrogen (secondary N) is 1. The van der Waals surface area contributed by atoms with Crippen molar-refractivity contribution in [3.8, 4) is 0 Å². The van der Waals surface area contributed by atoms with Gasteiger partial charge in [0.25, 0.3) is 0 Å². The summed E-state index contributed by atoms with van der Waals surface area (Å²) in [6, 6.07) is 17.8. The van der Waals surface area contributed by atoms with Crippen molar-refractivity contribution in [2.75, 3.05) is 24.5 Å². The first-order chi connectivity index (χ1) is 11.6. The van der Waals surface area contributed by atoms with Crippen molar-refractivity contribution < 1.29 is 4.79 Å². The molecule has 1 atom stereocenters. The van der Waals surface area contributed by atoms with Crippen LogP contribution >= 0.6 is 24.8 Å². The normalized spacial score (nSPS) is 10.9. The minimum Gasteiger partial charge on any atom is -0.370 e. The number of para-hydroxylation sites is 1. The Balaban J connectivity index is 0.00000312. The molecule has 0 aromatic heterocycles. The van der Waals surface area contributed by atoms with Crippen molar-refractivity contribution in [1.82, 2.24) is 5.32 Å². The molecule has 1 amide bonds. The highest BCUT2D eigenvalue weighted by molar-refractivity contribution is 5.85. The van der Waals surface area contributed by atoms with Crippen LogP contribution in [0.5, 0.6) is 0 Å². The lowest BCUT2D eigenvalue weighted by atomic mass is 10.0. The Hall–Kier alpha value is -1.75. The smallest absolute Gasteiger partial charge is 0.221 e. The molecule has 0 aliphatic heterocycles. The van der Waals surface area contributed by atoms with Crippen LogP contribution in [-0.2, 0) is 4.79 Å². The molecule has 2 rings (SSSR count). The van der Waals surface area contributed by atoms with Crippen LogP contribution in [0.3, 0.4) is 0 Å². The topological polar surface area (TPSA) is 58.4 Å². The zero-order chi connectivity index (χ0) is 17.4. The first-order valence-corrected chi connectivity index (χ1v) is 8.49. The number of likely N-dealkylation sites (N-methyl/N-ethyl adjacent to an activating group) is 1. The van der Waals surface area contributed by atoms with Gasteiger partial charge >= 0.3 is 0 Å². The quantitative estimate of drug-likeness (QED) is 0.710. The Bertz CT molecular complexity index is 653. The Morgan fingerprint density at radius 3 is 2.31 bits per heavy atom. The van der Waals surface area contributed by atoms with Gasteiger partial charge < -0.3 is 16.0 Å². The Kier molecular flexibility index (Phi) is 11.7. The van der Waals surface area contributed by atoms with Gasteiger partial charge in [-0.3, -0.25) is 4.79 Å². The summed E-state index contributed by atoms with van der Waals surface area (Å²) in [7, 11) is 0. The number of nitrogens with two attached hydrogens (primary N) is 1. The standard InChI is InChI=1S/C20H27N3O.2ClH/c1-3-23(19-12-8-7-9-16(19)2)14-13-22-20(24)15-18(21)17-10-5-4-6-11-17;;/h4-12,18H,3,13-15,21H2,1-2H3,(H,22,24);2*1H. The van der Waals surface area contributed by atoms with E-state index in [9.17, 15) is 4.79 Å². The number of rotatable bonds is 8. The molecule has 1 unspecified atom stereocenters. The first-order valence-electron chi connectivity index (χ1n) is 8.49. The number of halogens is 2. The van der Waals surface area contributed by atoms with Gasteiger partial charge in [-0.2, -0.15) is 0 Å². The fourth-order valence-electron chi connectivity index (χ4n) is 2.79. The molecule has 0 heterocycles. The number of carbonyl (C=O) groups is 1. The molecule has 4 nitrogen and oxygen atoms in total. The third kappa shape index (κ3) is 7.24. The second-order valence-corrected chi connectivity index (χ2v) is 5.94. The largest absolute Gasteiger partial charge is 0.370 e. The fraction of sp³-hybridized carbons (Fsp3) is 0.350. The number of hydrogen-bond donors (Lipinski definition) is 2. The van der Waals surface area contributed by atoms with E-state index in [-0.39, 0.29) is 36.8 Å². The van der Waals surface area contributed by atoms with Crippen molar-refractivity contribution in [3.05, 3.63) is 65.7 Å². The number of anilines is 1. The van der Waals surface area contributed by atoms with E-state index in [2.05, 4.69) is 36.2 Å². The van der Waals surface area contributed by atoms with Gasteiger partial charge in [-0.05, 0) is 31.0 Å². The van der Waals surface area contributed by atoms with E-state index >= 15 is 0 Å². The van der Waals surface area contributed by atoms with Gasteiger partial charge in [-0.1, -0.05) is 48.5 Å². The molecule has 0 aliphatic carbocycles. The number of nitrogens with zero attached hydrogens (tertiary/aromatic N) is 1. The number of carbonyl (C=O) groups excluding carboxylic acids is 1. The van der Waals surface area contributed by atoms with Crippen molar-refractivity contribution in [3.63, 3.8) is 0 Å². The van der Waals surface area contributed by atoms with Crippen molar-refractivity contribution in [1.29, 1.82) is 0 Å². The summed E-state index contributed by atoms with van der Waals surface area (Å²) >= 11 is 0. The van der Waals surface area contributed by atoms with Crippen molar-refractivity contribution in [2.45, 2.75) is 26.3 Å². The Morgan fingerprint density at radius 1 is 1.08 bits per heavy atom. The van der Waals surface area contributed by atoms with E-state index < -0.39 is 0 Å². The lowest BCUT2D eigenvalue weighted by Crippen LogP contribution is -2.36. The minimum atomic E-state index is -0.259. The zero-order valence-electron chi connectivity index (χ0n) is 15.4. The van der Waals surface area contributed by atoms with Gasteiger partial charge in [0.1, 0.15) is 0 Å². The van der Waals surface area contributed by atoms with Crippen molar-refractivity contribution >= 4 is 36.4 Å². The highest BCUT2D eigenvalue weighted by Gasteiger charge is 2.12. The van der Waals surface area contributed by atoms with Gasteiger partial charge in [0.15, 0.2) is 0 Å². The summed E-state index contributed by atoms with van der Waals surface area (Å²) < 4.78 is 0. The van der Waals surface area contributed by atoms with Gasteiger partial charge in [0, 0.05) is 37.8 Å². The average Bonchev–Trinajstić information content (AvgIpc) is 2.60. The molecule has 0 aliphatic rings. The predicted molar refractivity (Wildman–Crippen MR) is 115 cm³/mol. The van der Waals surface area contributed by atoms with Crippen LogP contribution in [0.25, 0.3) is 0 Å². The van der Waals surface area contributed by atoms with Gasteiger partial charge in [0.05, 0.1) is 0 Å². The monoisotopic (exact) mass is 397 g/mol. The molecule has 0 radical (unpaired) electrons.